The van der Waals surface area contributed by atoms with Crippen molar-refractivity contribution in [3.8, 4) is 11.6 Å². The number of hydrogen-bond donors (Lipinski definition) is 2. The number of pyridine rings is 2. The van der Waals surface area contributed by atoms with Gasteiger partial charge in [-0.25, -0.2) is 4.98 Å². The van der Waals surface area contributed by atoms with E-state index >= 15 is 0 Å². The number of nitrogens with one attached hydrogen (secondary N) is 1. The van der Waals surface area contributed by atoms with Crippen LogP contribution in [0.2, 0.25) is 5.02 Å². The molecule has 0 unspecified atom stereocenters. The fourth-order valence-electron chi connectivity index (χ4n) is 1.76. The smallest absolute Gasteiger partial charge is 0.230 e. The van der Waals surface area contributed by atoms with Gasteiger partial charge in [0, 0.05) is 18.0 Å². The number of halogens is 1. The van der Waals surface area contributed by atoms with Crippen LogP contribution in [-0.4, -0.2) is 15.8 Å². The Labute approximate surface area is 115 Å². The van der Waals surface area contributed by atoms with E-state index in [9.17, 15) is 0 Å². The van der Waals surface area contributed by atoms with Crippen molar-refractivity contribution in [1.29, 1.82) is 5.41 Å². The lowest BCUT2D eigenvalue weighted by Gasteiger charge is -2.12. The first-order valence-corrected chi connectivity index (χ1v) is 5.96. The Bertz CT molecular complexity index is 643. The van der Waals surface area contributed by atoms with Crippen LogP contribution in [0.5, 0.6) is 11.6 Å². The monoisotopic (exact) mass is 276 g/mol. The maximum Gasteiger partial charge on any atom is 0.230 e. The van der Waals surface area contributed by atoms with Crippen LogP contribution < -0.4 is 10.5 Å². The molecule has 0 saturated heterocycles. The van der Waals surface area contributed by atoms with E-state index in [0.29, 0.717) is 16.3 Å². The van der Waals surface area contributed by atoms with Gasteiger partial charge in [-0.1, -0.05) is 11.6 Å². The lowest BCUT2D eigenvalue weighted by Crippen LogP contribution is -2.15. The highest BCUT2D eigenvalue weighted by atomic mass is 35.5. The van der Waals surface area contributed by atoms with Gasteiger partial charge in [-0.15, -0.1) is 0 Å². The van der Waals surface area contributed by atoms with Crippen molar-refractivity contribution in [2.45, 2.75) is 13.8 Å². The Hall–Kier alpha value is -2.14. The highest BCUT2D eigenvalue weighted by Gasteiger charge is 2.14. The molecule has 0 saturated carbocycles. The summed E-state index contributed by atoms with van der Waals surface area (Å²) < 4.78 is 5.63. The number of nitrogen functional groups attached to an aromatic ring is 1. The van der Waals surface area contributed by atoms with Gasteiger partial charge in [0.1, 0.15) is 11.6 Å². The average molecular weight is 277 g/mol. The Kier molecular flexibility index (Phi) is 3.66. The van der Waals surface area contributed by atoms with E-state index in [-0.39, 0.29) is 11.7 Å². The molecule has 0 aromatic carbocycles. The summed E-state index contributed by atoms with van der Waals surface area (Å²) >= 11 is 5.85. The van der Waals surface area contributed by atoms with Crippen molar-refractivity contribution in [1.82, 2.24) is 9.97 Å². The van der Waals surface area contributed by atoms with E-state index in [1.54, 1.807) is 6.07 Å². The topological polar surface area (TPSA) is 84.9 Å². The van der Waals surface area contributed by atoms with Gasteiger partial charge in [-0.05, 0) is 25.5 Å². The van der Waals surface area contributed by atoms with Crippen molar-refractivity contribution >= 4 is 17.4 Å². The predicted octanol–water partition coefficient (Wildman–Crippen LogP) is 2.82. The second-order valence-electron chi connectivity index (χ2n) is 4.12. The molecular weight excluding hydrogens is 264 g/mol. The number of ether oxygens (including phenoxy) is 1. The maximum atomic E-state index is 7.61. The van der Waals surface area contributed by atoms with E-state index in [1.807, 2.05) is 19.9 Å². The highest BCUT2D eigenvalue weighted by Crippen LogP contribution is 2.26. The number of aromatic nitrogens is 2. The zero-order chi connectivity index (χ0) is 14.0. The molecule has 19 heavy (non-hydrogen) atoms. The van der Waals surface area contributed by atoms with Crippen molar-refractivity contribution in [2.75, 3.05) is 0 Å². The van der Waals surface area contributed by atoms with Crippen LogP contribution >= 0.6 is 11.6 Å². The van der Waals surface area contributed by atoms with Gasteiger partial charge in [0.2, 0.25) is 5.88 Å². The Morgan fingerprint density at radius 3 is 2.68 bits per heavy atom. The molecule has 0 aliphatic rings. The second kappa shape index (κ2) is 5.24. The molecule has 2 heterocycles. The van der Waals surface area contributed by atoms with Crippen molar-refractivity contribution < 1.29 is 4.74 Å². The molecule has 0 fully saturated rings. The molecule has 0 spiro atoms. The van der Waals surface area contributed by atoms with Gasteiger partial charge in [0.05, 0.1) is 16.8 Å². The molecule has 5 nitrogen and oxygen atoms in total. The van der Waals surface area contributed by atoms with Gasteiger partial charge in [-0.3, -0.25) is 10.4 Å². The number of nitrogens with zero attached hydrogens (tertiary/aromatic N) is 2. The molecule has 98 valence electrons. The normalized spacial score (nSPS) is 10.3. The molecule has 2 rings (SSSR count). The van der Waals surface area contributed by atoms with Gasteiger partial charge < -0.3 is 10.5 Å². The van der Waals surface area contributed by atoms with Crippen LogP contribution in [0, 0.1) is 19.3 Å². The minimum Gasteiger partial charge on any atom is -0.437 e. The summed E-state index contributed by atoms with van der Waals surface area (Å²) in [7, 11) is 0. The number of nitrogens with two attached hydrogens (primary N) is 1. The Balaban J connectivity index is 2.47. The Morgan fingerprint density at radius 1 is 1.32 bits per heavy atom. The lowest BCUT2D eigenvalue weighted by molar-refractivity contribution is 0.458. The van der Waals surface area contributed by atoms with Crippen LogP contribution in [0.25, 0.3) is 0 Å². The summed E-state index contributed by atoms with van der Waals surface area (Å²) in [6.45, 7) is 3.70. The second-order valence-corrected chi connectivity index (χ2v) is 4.55. The first kappa shape index (κ1) is 13.3. The van der Waals surface area contributed by atoms with Crippen LogP contribution in [0.3, 0.4) is 0 Å². The molecule has 0 amide bonds. The zero-order valence-corrected chi connectivity index (χ0v) is 11.3. The van der Waals surface area contributed by atoms with Crippen LogP contribution in [0.4, 0.5) is 0 Å². The van der Waals surface area contributed by atoms with E-state index in [1.165, 1.54) is 12.4 Å². The molecule has 2 aromatic heterocycles. The summed E-state index contributed by atoms with van der Waals surface area (Å²) in [6.07, 6.45) is 3.03. The van der Waals surface area contributed by atoms with Crippen molar-refractivity contribution in [2.24, 2.45) is 5.73 Å². The molecule has 3 N–H and O–H groups in total. The lowest BCUT2D eigenvalue weighted by atomic mass is 10.1. The third-order valence-electron chi connectivity index (χ3n) is 2.48. The number of aryl methyl sites for hydroxylation is 2. The molecule has 0 aliphatic heterocycles. The van der Waals surface area contributed by atoms with Gasteiger partial charge in [-0.2, -0.15) is 0 Å². The van der Waals surface area contributed by atoms with E-state index < -0.39 is 0 Å². The molecular formula is C13H13ClN4O. The summed E-state index contributed by atoms with van der Waals surface area (Å²) in [4.78, 5) is 8.20. The number of hydrogen-bond acceptors (Lipinski definition) is 4. The van der Waals surface area contributed by atoms with Crippen molar-refractivity contribution in [3.63, 3.8) is 0 Å². The van der Waals surface area contributed by atoms with Gasteiger partial charge >= 0.3 is 0 Å². The third kappa shape index (κ3) is 3.00. The minimum absolute atomic E-state index is 0.0880. The van der Waals surface area contributed by atoms with Gasteiger partial charge in [0.25, 0.3) is 0 Å². The largest absolute Gasteiger partial charge is 0.437 e. The summed E-state index contributed by atoms with van der Waals surface area (Å²) in [5, 5.41) is 8.08. The van der Waals surface area contributed by atoms with Gasteiger partial charge in [0.15, 0.2) is 0 Å². The third-order valence-corrected chi connectivity index (χ3v) is 2.68. The molecule has 0 bridgehead atoms. The summed E-state index contributed by atoms with van der Waals surface area (Å²) in [5.74, 6) is 0.650. The zero-order valence-electron chi connectivity index (χ0n) is 10.6. The fourth-order valence-corrected chi connectivity index (χ4v) is 1.93. The summed E-state index contributed by atoms with van der Waals surface area (Å²) in [5.41, 5.74) is 7.67. The predicted molar refractivity (Wildman–Crippen MR) is 74.0 cm³/mol. The highest BCUT2D eigenvalue weighted by molar-refractivity contribution is 6.30. The first-order valence-electron chi connectivity index (χ1n) is 5.58. The standard InChI is InChI=1S/C13H13ClN4O/c1-7-3-8(2)18-13(11(7)12(15)16)19-10-4-9(14)5-17-6-10/h3-6H,1-2H3,(H3,15,16). The van der Waals surface area contributed by atoms with E-state index in [0.717, 1.165) is 11.3 Å². The van der Waals surface area contributed by atoms with Crippen LogP contribution in [-0.2, 0) is 0 Å². The molecule has 0 radical (unpaired) electrons. The summed E-state index contributed by atoms with van der Waals surface area (Å²) in [6, 6.07) is 3.47. The van der Waals surface area contributed by atoms with Crippen molar-refractivity contribution in [3.05, 3.63) is 46.4 Å². The van der Waals surface area contributed by atoms with Crippen LogP contribution in [0.15, 0.2) is 24.5 Å². The fraction of sp³-hybridized carbons (Fsp3) is 0.154. The minimum atomic E-state index is -0.0880. The number of amidine groups is 1. The number of rotatable bonds is 3. The SMILES string of the molecule is Cc1cc(C)c(C(=N)N)c(Oc2cncc(Cl)c2)n1. The average Bonchev–Trinajstić information content (AvgIpc) is 2.26. The maximum absolute atomic E-state index is 7.61. The first-order chi connectivity index (χ1) is 8.97. The van der Waals surface area contributed by atoms with E-state index in [4.69, 9.17) is 27.5 Å². The molecule has 2 aromatic rings. The van der Waals surface area contributed by atoms with E-state index in [2.05, 4.69) is 9.97 Å². The molecule has 6 heteroatoms. The van der Waals surface area contributed by atoms with Crippen LogP contribution in [0.1, 0.15) is 16.8 Å². The quantitative estimate of drug-likeness (QED) is 0.667. The molecule has 0 atom stereocenters. The molecule has 0 aliphatic carbocycles. The Morgan fingerprint density at radius 2 is 2.05 bits per heavy atom.